The zero-order valence-electron chi connectivity index (χ0n) is 14.5. The number of sulfonamides is 1. The standard InChI is InChI=1S/C18H20FN3O3S.ClH/c19-14-6-8-15(9-7-14)26(24,25)22-11-3-10-21(12-13-22)18(23)16-4-1-2-5-17(16)20;/h1-2,4-9H,3,10-13,20H2;1H. The van der Waals surface area contributed by atoms with Gasteiger partial charge in [0, 0.05) is 31.9 Å². The van der Waals surface area contributed by atoms with E-state index in [0.29, 0.717) is 30.8 Å². The second-order valence-electron chi connectivity index (χ2n) is 6.09. The summed E-state index contributed by atoms with van der Waals surface area (Å²) in [4.78, 5) is 14.3. The van der Waals surface area contributed by atoms with Gasteiger partial charge >= 0.3 is 0 Å². The number of anilines is 1. The number of hydrogen-bond acceptors (Lipinski definition) is 4. The van der Waals surface area contributed by atoms with Crippen molar-refractivity contribution in [2.75, 3.05) is 31.9 Å². The number of nitrogen functional groups attached to an aromatic ring is 1. The summed E-state index contributed by atoms with van der Waals surface area (Å²) in [6.07, 6.45) is 0.513. The highest BCUT2D eigenvalue weighted by atomic mass is 35.5. The molecule has 1 amide bonds. The average Bonchev–Trinajstić information content (AvgIpc) is 2.89. The van der Waals surface area contributed by atoms with Gasteiger partial charge in [-0.25, -0.2) is 12.8 Å². The molecule has 146 valence electrons. The van der Waals surface area contributed by atoms with Crippen molar-refractivity contribution in [1.82, 2.24) is 9.21 Å². The Kier molecular flexibility index (Phi) is 6.80. The Hall–Kier alpha value is -2.16. The van der Waals surface area contributed by atoms with Crippen molar-refractivity contribution < 1.29 is 17.6 Å². The minimum Gasteiger partial charge on any atom is -0.398 e. The van der Waals surface area contributed by atoms with Crippen LogP contribution in [0.3, 0.4) is 0 Å². The summed E-state index contributed by atoms with van der Waals surface area (Å²) >= 11 is 0. The molecule has 27 heavy (non-hydrogen) atoms. The van der Waals surface area contributed by atoms with Crippen molar-refractivity contribution in [3.8, 4) is 0 Å². The summed E-state index contributed by atoms with van der Waals surface area (Å²) in [7, 11) is -3.72. The van der Waals surface area contributed by atoms with Gasteiger partial charge in [-0.15, -0.1) is 12.4 Å². The number of carbonyl (C=O) groups is 1. The lowest BCUT2D eigenvalue weighted by Crippen LogP contribution is -2.37. The smallest absolute Gasteiger partial charge is 0.255 e. The molecule has 0 spiro atoms. The van der Waals surface area contributed by atoms with Crippen molar-refractivity contribution in [2.45, 2.75) is 11.3 Å². The molecule has 0 aromatic heterocycles. The fraction of sp³-hybridized carbons (Fsp3) is 0.278. The molecule has 2 aromatic rings. The van der Waals surface area contributed by atoms with E-state index in [0.717, 1.165) is 12.1 Å². The van der Waals surface area contributed by atoms with E-state index in [-0.39, 0.29) is 36.3 Å². The van der Waals surface area contributed by atoms with E-state index in [4.69, 9.17) is 5.73 Å². The largest absolute Gasteiger partial charge is 0.398 e. The lowest BCUT2D eigenvalue weighted by atomic mass is 10.1. The Labute approximate surface area is 164 Å². The first-order chi connectivity index (χ1) is 12.4. The molecule has 0 atom stereocenters. The summed E-state index contributed by atoms with van der Waals surface area (Å²) in [6, 6.07) is 11.6. The number of carbonyl (C=O) groups excluding carboxylic acids is 1. The van der Waals surface area contributed by atoms with E-state index in [9.17, 15) is 17.6 Å². The quantitative estimate of drug-likeness (QED) is 0.783. The van der Waals surface area contributed by atoms with Crippen molar-refractivity contribution in [2.24, 2.45) is 0 Å². The van der Waals surface area contributed by atoms with Crippen LogP contribution in [0.1, 0.15) is 16.8 Å². The number of hydrogen-bond donors (Lipinski definition) is 1. The van der Waals surface area contributed by atoms with Crippen LogP contribution in [0.2, 0.25) is 0 Å². The van der Waals surface area contributed by atoms with E-state index in [2.05, 4.69) is 0 Å². The van der Waals surface area contributed by atoms with Crippen LogP contribution in [-0.2, 0) is 10.0 Å². The molecule has 1 fully saturated rings. The van der Waals surface area contributed by atoms with Gasteiger partial charge < -0.3 is 10.6 Å². The van der Waals surface area contributed by atoms with Gasteiger partial charge in [-0.2, -0.15) is 4.31 Å². The van der Waals surface area contributed by atoms with Gasteiger partial charge in [0.2, 0.25) is 10.0 Å². The molecule has 2 aromatic carbocycles. The van der Waals surface area contributed by atoms with Gasteiger partial charge in [0.05, 0.1) is 10.5 Å². The minimum absolute atomic E-state index is 0. The van der Waals surface area contributed by atoms with Crippen molar-refractivity contribution >= 4 is 34.0 Å². The van der Waals surface area contributed by atoms with E-state index < -0.39 is 15.8 Å². The summed E-state index contributed by atoms with van der Waals surface area (Å²) in [5, 5.41) is 0. The molecule has 1 heterocycles. The Balaban J connectivity index is 0.00000261. The van der Waals surface area contributed by atoms with Gasteiger partial charge in [-0.05, 0) is 42.8 Å². The third kappa shape index (κ3) is 4.58. The number of halogens is 2. The summed E-state index contributed by atoms with van der Waals surface area (Å²) < 4.78 is 39.9. The Morgan fingerprint density at radius 3 is 2.30 bits per heavy atom. The number of nitrogens with two attached hydrogens (primary N) is 1. The molecule has 0 saturated carbocycles. The summed E-state index contributed by atoms with van der Waals surface area (Å²) in [5.41, 5.74) is 6.69. The van der Waals surface area contributed by atoms with Crippen molar-refractivity contribution in [1.29, 1.82) is 0 Å². The number of benzene rings is 2. The van der Waals surface area contributed by atoms with Crippen LogP contribution in [0.5, 0.6) is 0 Å². The highest BCUT2D eigenvalue weighted by molar-refractivity contribution is 7.89. The second kappa shape index (κ2) is 8.69. The maximum Gasteiger partial charge on any atom is 0.255 e. The number of amides is 1. The summed E-state index contributed by atoms with van der Waals surface area (Å²) in [6.45, 7) is 1.20. The first-order valence-electron chi connectivity index (χ1n) is 8.29. The normalized spacial score (nSPS) is 15.7. The Bertz CT molecular complexity index is 906. The molecule has 1 aliphatic heterocycles. The first kappa shape index (κ1) is 21.1. The van der Waals surface area contributed by atoms with Crippen molar-refractivity contribution in [3.63, 3.8) is 0 Å². The molecular formula is C18H21ClFN3O3S. The van der Waals surface area contributed by atoms with E-state index in [1.807, 2.05) is 0 Å². The third-order valence-corrected chi connectivity index (χ3v) is 6.30. The molecule has 2 N–H and O–H groups in total. The van der Waals surface area contributed by atoms with E-state index in [1.165, 1.54) is 16.4 Å². The maximum atomic E-state index is 13.1. The highest BCUT2D eigenvalue weighted by Gasteiger charge is 2.28. The molecule has 1 aliphatic rings. The number of para-hydroxylation sites is 1. The van der Waals surface area contributed by atoms with Crippen LogP contribution >= 0.6 is 12.4 Å². The van der Waals surface area contributed by atoms with Crippen LogP contribution in [0.25, 0.3) is 0 Å². The van der Waals surface area contributed by atoms with E-state index >= 15 is 0 Å². The maximum absolute atomic E-state index is 13.1. The lowest BCUT2D eigenvalue weighted by Gasteiger charge is -2.22. The predicted molar refractivity (Wildman–Crippen MR) is 104 cm³/mol. The van der Waals surface area contributed by atoms with Crippen LogP contribution < -0.4 is 5.73 Å². The fourth-order valence-corrected chi connectivity index (χ4v) is 4.42. The van der Waals surface area contributed by atoms with Gasteiger partial charge in [0.1, 0.15) is 5.82 Å². The summed E-state index contributed by atoms with van der Waals surface area (Å²) in [5.74, 6) is -0.693. The monoisotopic (exact) mass is 413 g/mol. The fourth-order valence-electron chi connectivity index (χ4n) is 2.95. The average molecular weight is 414 g/mol. The number of nitrogens with zero attached hydrogens (tertiary/aromatic N) is 2. The molecule has 9 heteroatoms. The van der Waals surface area contributed by atoms with Gasteiger partial charge in [-0.3, -0.25) is 4.79 Å². The lowest BCUT2D eigenvalue weighted by molar-refractivity contribution is 0.0765. The number of rotatable bonds is 3. The van der Waals surface area contributed by atoms with Gasteiger partial charge in [-0.1, -0.05) is 12.1 Å². The Morgan fingerprint density at radius 1 is 0.963 bits per heavy atom. The zero-order chi connectivity index (χ0) is 18.7. The highest BCUT2D eigenvalue weighted by Crippen LogP contribution is 2.20. The van der Waals surface area contributed by atoms with Crippen LogP contribution in [0.15, 0.2) is 53.4 Å². The molecular weight excluding hydrogens is 393 g/mol. The van der Waals surface area contributed by atoms with Crippen LogP contribution in [-0.4, -0.2) is 49.7 Å². The molecule has 6 nitrogen and oxygen atoms in total. The molecule has 0 bridgehead atoms. The van der Waals surface area contributed by atoms with Gasteiger partial charge in [0.15, 0.2) is 0 Å². The zero-order valence-corrected chi connectivity index (χ0v) is 16.2. The topological polar surface area (TPSA) is 83.7 Å². The molecule has 3 rings (SSSR count). The van der Waals surface area contributed by atoms with Crippen molar-refractivity contribution in [3.05, 3.63) is 59.9 Å². The Morgan fingerprint density at radius 2 is 1.63 bits per heavy atom. The van der Waals surface area contributed by atoms with Gasteiger partial charge in [0.25, 0.3) is 5.91 Å². The van der Waals surface area contributed by atoms with Crippen LogP contribution in [0.4, 0.5) is 10.1 Å². The minimum atomic E-state index is -3.72. The second-order valence-corrected chi connectivity index (χ2v) is 8.03. The molecule has 0 aliphatic carbocycles. The first-order valence-corrected chi connectivity index (χ1v) is 9.73. The predicted octanol–water partition coefficient (Wildman–Crippen LogP) is 2.37. The molecule has 0 radical (unpaired) electrons. The SMILES string of the molecule is Cl.Nc1ccccc1C(=O)N1CCCN(S(=O)(=O)c2ccc(F)cc2)CC1. The van der Waals surface area contributed by atoms with Crippen LogP contribution in [0, 0.1) is 5.82 Å². The third-order valence-electron chi connectivity index (χ3n) is 4.38. The molecule has 1 saturated heterocycles. The van der Waals surface area contributed by atoms with E-state index in [1.54, 1.807) is 29.2 Å². The molecule has 0 unspecified atom stereocenters.